The van der Waals surface area contributed by atoms with Crippen molar-refractivity contribution >= 4 is 44.5 Å². The SMILES string of the molecule is COC(=O)c1c(I)ccc(F)c1CBr. The Hall–Kier alpha value is -0.170. The molecular weight excluding hydrogens is 366 g/mol. The summed E-state index contributed by atoms with van der Waals surface area (Å²) in [5.41, 5.74) is 0.633. The van der Waals surface area contributed by atoms with Crippen molar-refractivity contribution in [2.24, 2.45) is 0 Å². The zero-order valence-electron chi connectivity index (χ0n) is 7.31. The monoisotopic (exact) mass is 372 g/mol. The molecule has 5 heteroatoms. The third-order valence-corrected chi connectivity index (χ3v) is 3.19. The quantitative estimate of drug-likeness (QED) is 0.453. The molecule has 0 aliphatic heterocycles. The van der Waals surface area contributed by atoms with E-state index < -0.39 is 11.8 Å². The summed E-state index contributed by atoms with van der Waals surface area (Å²) in [5, 5.41) is 0.292. The maximum atomic E-state index is 13.3. The van der Waals surface area contributed by atoms with Crippen LogP contribution in [0.4, 0.5) is 4.39 Å². The number of hydrogen-bond acceptors (Lipinski definition) is 2. The predicted molar refractivity (Wildman–Crippen MR) is 63.1 cm³/mol. The van der Waals surface area contributed by atoms with Gasteiger partial charge in [0, 0.05) is 14.5 Å². The largest absolute Gasteiger partial charge is 0.465 e. The first-order chi connectivity index (χ1) is 6.61. The molecule has 2 nitrogen and oxygen atoms in total. The van der Waals surface area contributed by atoms with Crippen molar-refractivity contribution in [2.75, 3.05) is 7.11 Å². The van der Waals surface area contributed by atoms with E-state index in [1.807, 2.05) is 22.6 Å². The van der Waals surface area contributed by atoms with Crippen molar-refractivity contribution in [3.05, 3.63) is 32.6 Å². The van der Waals surface area contributed by atoms with E-state index in [2.05, 4.69) is 20.7 Å². The summed E-state index contributed by atoms with van der Waals surface area (Å²) in [4.78, 5) is 11.4. The smallest absolute Gasteiger partial charge is 0.339 e. The Balaban J connectivity index is 3.37. The van der Waals surface area contributed by atoms with Gasteiger partial charge in [-0.3, -0.25) is 0 Å². The Morgan fingerprint density at radius 3 is 2.79 bits per heavy atom. The minimum Gasteiger partial charge on any atom is -0.465 e. The van der Waals surface area contributed by atoms with Crippen molar-refractivity contribution in [1.82, 2.24) is 0 Å². The van der Waals surface area contributed by atoms with E-state index in [1.54, 1.807) is 6.07 Å². The van der Waals surface area contributed by atoms with Crippen LogP contribution in [0.15, 0.2) is 12.1 Å². The van der Waals surface area contributed by atoms with Gasteiger partial charge in [0.1, 0.15) is 5.82 Å². The Labute approximate surface area is 103 Å². The van der Waals surface area contributed by atoms with E-state index >= 15 is 0 Å². The lowest BCUT2D eigenvalue weighted by Gasteiger charge is -2.08. The van der Waals surface area contributed by atoms with Crippen molar-refractivity contribution in [3.63, 3.8) is 0 Å². The summed E-state index contributed by atoms with van der Waals surface area (Å²) in [6.07, 6.45) is 0. The second-order valence-corrected chi connectivity index (χ2v) is 4.23. The minimum atomic E-state index is -0.511. The predicted octanol–water partition coefficient (Wildman–Crippen LogP) is 3.11. The summed E-state index contributed by atoms with van der Waals surface area (Å²) in [7, 11) is 1.28. The average Bonchev–Trinajstić information content (AvgIpc) is 2.19. The third kappa shape index (κ3) is 2.25. The van der Waals surface area contributed by atoms with Crippen LogP contribution in [0.3, 0.4) is 0 Å². The van der Waals surface area contributed by atoms with E-state index in [0.717, 1.165) is 0 Å². The molecule has 0 radical (unpaired) electrons. The van der Waals surface area contributed by atoms with Gasteiger partial charge >= 0.3 is 5.97 Å². The molecule has 0 N–H and O–H groups in total. The number of hydrogen-bond donors (Lipinski definition) is 0. The van der Waals surface area contributed by atoms with Crippen molar-refractivity contribution in [2.45, 2.75) is 5.33 Å². The minimum absolute atomic E-state index is 0.292. The molecule has 0 fully saturated rings. The summed E-state index contributed by atoms with van der Waals surface area (Å²) >= 11 is 5.12. The molecule has 14 heavy (non-hydrogen) atoms. The number of alkyl halides is 1. The normalized spacial score (nSPS) is 10.0. The van der Waals surface area contributed by atoms with Crippen LogP contribution in [-0.2, 0) is 10.1 Å². The molecule has 76 valence electrons. The number of esters is 1. The molecule has 0 unspecified atom stereocenters. The van der Waals surface area contributed by atoms with Gasteiger partial charge in [0.25, 0.3) is 0 Å². The molecule has 1 aromatic rings. The van der Waals surface area contributed by atoms with Gasteiger partial charge in [0.2, 0.25) is 0 Å². The molecule has 0 heterocycles. The fourth-order valence-electron chi connectivity index (χ4n) is 1.05. The number of rotatable bonds is 2. The lowest BCUT2D eigenvalue weighted by molar-refractivity contribution is 0.0598. The second-order valence-electron chi connectivity index (χ2n) is 2.51. The van der Waals surface area contributed by atoms with Crippen LogP contribution in [-0.4, -0.2) is 13.1 Å². The Morgan fingerprint density at radius 1 is 1.64 bits per heavy atom. The van der Waals surface area contributed by atoms with Crippen molar-refractivity contribution in [1.29, 1.82) is 0 Å². The average molecular weight is 373 g/mol. The highest BCUT2D eigenvalue weighted by atomic mass is 127. The fourth-order valence-corrected chi connectivity index (χ4v) is 2.32. The lowest BCUT2D eigenvalue weighted by atomic mass is 10.1. The number of carbonyl (C=O) groups is 1. The van der Waals surface area contributed by atoms with E-state index in [0.29, 0.717) is 20.0 Å². The van der Waals surface area contributed by atoms with Crippen LogP contribution in [0.1, 0.15) is 15.9 Å². The van der Waals surface area contributed by atoms with Crippen LogP contribution in [0.5, 0.6) is 0 Å². The lowest BCUT2D eigenvalue weighted by Crippen LogP contribution is -2.09. The Morgan fingerprint density at radius 2 is 2.29 bits per heavy atom. The standard InChI is InChI=1S/C9H7BrFIO2/c1-14-9(13)8-5(4-10)6(11)2-3-7(8)12/h2-3H,4H2,1H3. The van der Waals surface area contributed by atoms with Crippen LogP contribution in [0.25, 0.3) is 0 Å². The van der Waals surface area contributed by atoms with Gasteiger partial charge < -0.3 is 4.74 Å². The summed E-state index contributed by atoms with van der Waals surface area (Å²) in [6.45, 7) is 0. The zero-order valence-corrected chi connectivity index (χ0v) is 11.1. The van der Waals surface area contributed by atoms with Gasteiger partial charge in [-0.2, -0.15) is 0 Å². The summed E-state index contributed by atoms with van der Waals surface area (Å²) in [5.74, 6) is -0.911. The third-order valence-electron chi connectivity index (χ3n) is 1.73. The van der Waals surface area contributed by atoms with Gasteiger partial charge in [0.15, 0.2) is 0 Å². The van der Waals surface area contributed by atoms with Crippen LogP contribution < -0.4 is 0 Å². The topological polar surface area (TPSA) is 26.3 Å². The molecule has 0 saturated heterocycles. The van der Waals surface area contributed by atoms with Crippen LogP contribution in [0.2, 0.25) is 0 Å². The van der Waals surface area contributed by atoms with E-state index in [4.69, 9.17) is 0 Å². The molecular formula is C9H7BrFIO2. The molecule has 0 aromatic heterocycles. The number of ether oxygens (including phenoxy) is 1. The van der Waals surface area contributed by atoms with E-state index in [9.17, 15) is 9.18 Å². The number of carbonyl (C=O) groups excluding carboxylic acids is 1. The molecule has 0 atom stereocenters. The Kier molecular flexibility index (Phi) is 4.31. The Bertz CT molecular complexity index is 368. The number of halogens is 3. The second kappa shape index (κ2) is 5.06. The maximum absolute atomic E-state index is 13.3. The van der Waals surface area contributed by atoms with Crippen molar-refractivity contribution < 1.29 is 13.9 Å². The number of benzene rings is 1. The first-order valence-corrected chi connectivity index (χ1v) is 5.93. The van der Waals surface area contributed by atoms with Gasteiger partial charge in [-0.15, -0.1) is 0 Å². The van der Waals surface area contributed by atoms with Gasteiger partial charge in [-0.05, 0) is 34.7 Å². The first kappa shape index (κ1) is 11.9. The molecule has 0 saturated carbocycles. The fraction of sp³-hybridized carbons (Fsp3) is 0.222. The van der Waals surface area contributed by atoms with Crippen LogP contribution >= 0.6 is 38.5 Å². The highest BCUT2D eigenvalue weighted by Crippen LogP contribution is 2.23. The summed E-state index contributed by atoms with van der Waals surface area (Å²) in [6, 6.07) is 2.89. The molecule has 0 aliphatic carbocycles. The maximum Gasteiger partial charge on any atom is 0.339 e. The molecule has 0 spiro atoms. The number of methoxy groups -OCH3 is 1. The van der Waals surface area contributed by atoms with Gasteiger partial charge in [-0.25, -0.2) is 9.18 Å². The molecule has 0 aliphatic rings. The molecule has 1 rings (SSSR count). The zero-order chi connectivity index (χ0) is 10.7. The van der Waals surface area contributed by atoms with E-state index in [1.165, 1.54) is 13.2 Å². The van der Waals surface area contributed by atoms with Crippen molar-refractivity contribution in [3.8, 4) is 0 Å². The first-order valence-electron chi connectivity index (χ1n) is 3.73. The highest BCUT2D eigenvalue weighted by molar-refractivity contribution is 14.1. The highest BCUT2D eigenvalue weighted by Gasteiger charge is 2.18. The van der Waals surface area contributed by atoms with E-state index in [-0.39, 0.29) is 0 Å². The molecule has 0 bridgehead atoms. The molecule has 0 amide bonds. The summed E-state index contributed by atoms with van der Waals surface area (Å²) < 4.78 is 18.6. The van der Waals surface area contributed by atoms with Gasteiger partial charge in [0.05, 0.1) is 12.7 Å². The molecule has 1 aromatic carbocycles. The van der Waals surface area contributed by atoms with Gasteiger partial charge in [-0.1, -0.05) is 15.9 Å². The van der Waals surface area contributed by atoms with Crippen LogP contribution in [0, 0.1) is 9.39 Å².